The normalized spacial score (nSPS) is 17.4. The molecule has 91 valence electrons. The first-order chi connectivity index (χ1) is 7.20. The molecular weight excluding hydrogens is 208 g/mol. The predicted octanol–water partition coefficient (Wildman–Crippen LogP) is 4.76. The fraction of sp³-hybridized carbons (Fsp3) is 0.667. The lowest BCUT2D eigenvalue weighted by atomic mass is 9.68. The van der Waals surface area contributed by atoms with E-state index in [2.05, 4.69) is 65.9 Å². The molecule has 0 atom stereocenters. The van der Waals surface area contributed by atoms with Gasteiger partial charge in [-0.05, 0) is 22.8 Å². The average Bonchev–Trinajstić information content (AvgIpc) is 2.69. The Bertz CT molecular complexity index is 305. The second-order valence-corrected chi connectivity index (χ2v) is 10.2. The topological polar surface area (TPSA) is 0 Å². The molecule has 0 fully saturated rings. The summed E-state index contributed by atoms with van der Waals surface area (Å²) in [5, 5.41) is 0.437. The fourth-order valence-corrected chi connectivity index (χ4v) is 3.62. The molecule has 0 spiro atoms. The Labute approximate surface area is 103 Å². The van der Waals surface area contributed by atoms with Gasteiger partial charge in [-0.2, -0.15) is 0 Å². The van der Waals surface area contributed by atoms with Gasteiger partial charge in [0.05, 0.1) is 0 Å². The Hall–Kier alpha value is -0.303. The first kappa shape index (κ1) is 13.8. The molecule has 0 unspecified atom stereocenters. The van der Waals surface area contributed by atoms with Gasteiger partial charge in [0.15, 0.2) is 0 Å². The van der Waals surface area contributed by atoms with E-state index >= 15 is 0 Å². The van der Waals surface area contributed by atoms with Crippen LogP contribution in [0.25, 0.3) is 0 Å². The monoisotopic (exact) mass is 235 g/mol. The van der Waals surface area contributed by atoms with Crippen molar-refractivity contribution in [1.29, 1.82) is 0 Å². The molecule has 1 radical (unpaired) electrons. The molecule has 0 aromatic carbocycles. The van der Waals surface area contributed by atoms with Crippen LogP contribution in [0.3, 0.4) is 0 Å². The lowest BCUT2D eigenvalue weighted by Gasteiger charge is -2.45. The van der Waals surface area contributed by atoms with Gasteiger partial charge in [-0.3, -0.25) is 0 Å². The van der Waals surface area contributed by atoms with Crippen molar-refractivity contribution in [2.24, 2.45) is 5.41 Å². The Balaban J connectivity index is 2.91. The first-order valence-electron chi connectivity index (χ1n) is 6.41. The maximum Gasteiger partial charge on any atom is 0.0372 e. The molecule has 0 saturated carbocycles. The van der Waals surface area contributed by atoms with E-state index in [1.165, 1.54) is 0 Å². The Morgan fingerprint density at radius 1 is 1.19 bits per heavy atom. The third-order valence-corrected chi connectivity index (χ3v) is 8.24. The fourth-order valence-electron chi connectivity index (χ4n) is 2.39. The van der Waals surface area contributed by atoms with E-state index in [1.54, 1.807) is 11.5 Å². The van der Waals surface area contributed by atoms with Gasteiger partial charge >= 0.3 is 0 Å². The summed E-state index contributed by atoms with van der Waals surface area (Å²) in [6.07, 6.45) is 7.91. The van der Waals surface area contributed by atoms with Gasteiger partial charge in [0.1, 0.15) is 0 Å². The predicted molar refractivity (Wildman–Crippen MR) is 77.5 cm³/mol. The van der Waals surface area contributed by atoms with Gasteiger partial charge in [0.25, 0.3) is 0 Å². The minimum atomic E-state index is -0.665. The standard InChI is InChI=1S/C15H27Si/c1-12(15(4,5)16(6)7)14(2,3)13-10-8-9-11-13/h8-10,16H,11H2,1-7H3. The molecule has 1 aliphatic rings. The zero-order chi connectivity index (χ0) is 12.6. The lowest BCUT2D eigenvalue weighted by Crippen LogP contribution is -2.36. The molecule has 0 N–H and O–H groups in total. The van der Waals surface area contributed by atoms with Crippen molar-refractivity contribution < 1.29 is 0 Å². The van der Waals surface area contributed by atoms with E-state index < -0.39 is 8.80 Å². The molecule has 1 aliphatic carbocycles. The van der Waals surface area contributed by atoms with Crippen molar-refractivity contribution in [2.75, 3.05) is 0 Å². The Kier molecular flexibility index (Phi) is 3.89. The molecule has 0 aliphatic heterocycles. The van der Waals surface area contributed by atoms with Crippen molar-refractivity contribution >= 4 is 8.80 Å². The number of hydrogen-bond donors (Lipinski definition) is 0. The van der Waals surface area contributed by atoms with Crippen LogP contribution in [0.1, 0.15) is 41.0 Å². The second-order valence-electron chi connectivity index (χ2n) is 6.45. The van der Waals surface area contributed by atoms with Crippen LogP contribution in [0.15, 0.2) is 23.8 Å². The lowest BCUT2D eigenvalue weighted by molar-refractivity contribution is 0.396. The minimum Gasteiger partial charge on any atom is -0.0804 e. The quantitative estimate of drug-likeness (QED) is 0.616. The van der Waals surface area contributed by atoms with Crippen molar-refractivity contribution in [3.63, 3.8) is 0 Å². The summed E-state index contributed by atoms with van der Waals surface area (Å²) in [5.74, 6) is 1.66. The van der Waals surface area contributed by atoms with Gasteiger partial charge in [0, 0.05) is 8.80 Å². The molecule has 0 aromatic rings. The molecule has 1 rings (SSSR count). The highest BCUT2D eigenvalue weighted by atomic mass is 28.3. The zero-order valence-electron chi connectivity index (χ0n) is 12.0. The number of allylic oxidation sites excluding steroid dienone is 4. The van der Waals surface area contributed by atoms with Crippen molar-refractivity contribution in [3.8, 4) is 0 Å². The van der Waals surface area contributed by atoms with Gasteiger partial charge in [0.2, 0.25) is 0 Å². The van der Waals surface area contributed by atoms with Crippen LogP contribution < -0.4 is 0 Å². The van der Waals surface area contributed by atoms with Crippen LogP contribution in [0.4, 0.5) is 0 Å². The number of rotatable bonds is 4. The summed E-state index contributed by atoms with van der Waals surface area (Å²) in [7, 11) is -0.665. The summed E-state index contributed by atoms with van der Waals surface area (Å²) in [6.45, 7) is 16.9. The molecule has 0 amide bonds. The smallest absolute Gasteiger partial charge is 0.0372 e. The highest BCUT2D eigenvalue weighted by Gasteiger charge is 2.41. The third kappa shape index (κ3) is 2.34. The van der Waals surface area contributed by atoms with Gasteiger partial charge in [-0.15, -0.1) is 0 Å². The molecule has 0 aromatic heterocycles. The third-order valence-electron chi connectivity index (χ3n) is 4.92. The Morgan fingerprint density at radius 2 is 1.75 bits per heavy atom. The highest BCUT2D eigenvalue weighted by molar-refractivity contribution is 6.60. The van der Waals surface area contributed by atoms with Crippen LogP contribution in [-0.4, -0.2) is 8.80 Å². The van der Waals surface area contributed by atoms with Gasteiger partial charge in [-0.1, -0.05) is 71.5 Å². The SMILES string of the molecule is C[C](C(C)(C)C1=CC=CC1)C(C)(C)[SiH](C)C. The summed E-state index contributed by atoms with van der Waals surface area (Å²) in [4.78, 5) is 0. The summed E-state index contributed by atoms with van der Waals surface area (Å²) in [6, 6.07) is 0. The number of hydrogen-bond acceptors (Lipinski definition) is 0. The van der Waals surface area contributed by atoms with Crippen LogP contribution in [-0.2, 0) is 0 Å². The molecular formula is C15H27Si. The van der Waals surface area contributed by atoms with E-state index in [0.29, 0.717) is 5.04 Å². The van der Waals surface area contributed by atoms with Crippen molar-refractivity contribution in [1.82, 2.24) is 0 Å². The van der Waals surface area contributed by atoms with E-state index in [0.717, 1.165) is 6.42 Å². The maximum atomic E-state index is 2.46. The summed E-state index contributed by atoms with van der Waals surface area (Å²) >= 11 is 0. The van der Waals surface area contributed by atoms with Crippen molar-refractivity contribution in [3.05, 3.63) is 29.7 Å². The minimum absolute atomic E-state index is 0.254. The Morgan fingerprint density at radius 3 is 2.12 bits per heavy atom. The summed E-state index contributed by atoms with van der Waals surface area (Å²) < 4.78 is 0. The zero-order valence-corrected chi connectivity index (χ0v) is 13.2. The largest absolute Gasteiger partial charge is 0.0804 e. The van der Waals surface area contributed by atoms with Crippen LogP contribution >= 0.6 is 0 Å². The van der Waals surface area contributed by atoms with E-state index in [-0.39, 0.29) is 5.41 Å². The molecule has 0 heterocycles. The van der Waals surface area contributed by atoms with Crippen LogP contribution in [0, 0.1) is 11.3 Å². The summed E-state index contributed by atoms with van der Waals surface area (Å²) in [5.41, 5.74) is 1.83. The first-order valence-corrected chi connectivity index (χ1v) is 9.30. The van der Waals surface area contributed by atoms with E-state index in [4.69, 9.17) is 0 Å². The molecule has 0 saturated heterocycles. The van der Waals surface area contributed by atoms with E-state index in [9.17, 15) is 0 Å². The maximum absolute atomic E-state index is 2.46. The highest BCUT2D eigenvalue weighted by Crippen LogP contribution is 2.53. The van der Waals surface area contributed by atoms with Crippen LogP contribution in [0.2, 0.25) is 18.1 Å². The molecule has 0 bridgehead atoms. The molecule has 1 heteroatoms. The van der Waals surface area contributed by atoms with Gasteiger partial charge in [-0.25, -0.2) is 0 Å². The van der Waals surface area contributed by atoms with Crippen molar-refractivity contribution in [2.45, 2.75) is 59.2 Å². The molecule has 16 heavy (non-hydrogen) atoms. The molecule has 0 nitrogen and oxygen atoms in total. The average molecular weight is 235 g/mol. The second kappa shape index (κ2) is 4.52. The van der Waals surface area contributed by atoms with Gasteiger partial charge < -0.3 is 0 Å². The van der Waals surface area contributed by atoms with E-state index in [1.807, 2.05) is 0 Å². The van der Waals surface area contributed by atoms with Crippen LogP contribution in [0.5, 0.6) is 0 Å².